The zero-order chi connectivity index (χ0) is 18.1. The number of hydrogen-bond acceptors (Lipinski definition) is 7. The van der Waals surface area contributed by atoms with Crippen molar-refractivity contribution in [3.63, 3.8) is 0 Å². The van der Waals surface area contributed by atoms with Gasteiger partial charge < -0.3 is 9.67 Å². The summed E-state index contributed by atoms with van der Waals surface area (Å²) in [5.74, 6) is 0.804. The summed E-state index contributed by atoms with van der Waals surface area (Å²) in [6, 6.07) is 4.51. The average Bonchev–Trinajstić information content (AvgIpc) is 3.30. The Kier molecular flexibility index (Phi) is 5.41. The summed E-state index contributed by atoms with van der Waals surface area (Å²) in [4.78, 5) is 1.24. The quantitative estimate of drug-likeness (QED) is 0.811. The third-order valence-electron chi connectivity index (χ3n) is 5.12. The van der Waals surface area contributed by atoms with Crippen LogP contribution in [0.4, 0.5) is 0 Å². The number of sulfone groups is 1. The fourth-order valence-corrected chi connectivity index (χ4v) is 8.14. The number of aliphatic hydroxyl groups is 1. The summed E-state index contributed by atoms with van der Waals surface area (Å²) in [6.07, 6.45) is 5.79. The molecular weight excluding hydrogens is 390 g/mol. The molecule has 0 aromatic carbocycles. The highest BCUT2D eigenvalue weighted by molar-refractivity contribution is 8.01. The van der Waals surface area contributed by atoms with Crippen LogP contribution in [0.2, 0.25) is 0 Å². The van der Waals surface area contributed by atoms with Crippen LogP contribution < -0.4 is 0 Å². The van der Waals surface area contributed by atoms with Gasteiger partial charge in [-0.3, -0.25) is 0 Å². The second kappa shape index (κ2) is 7.61. The number of aliphatic hydroxyl groups excluding tert-OH is 1. The highest BCUT2D eigenvalue weighted by Gasteiger charge is 2.38. The smallest absolute Gasteiger partial charge is 0.191 e. The van der Waals surface area contributed by atoms with E-state index in [1.807, 2.05) is 6.07 Å². The lowest BCUT2D eigenvalue weighted by molar-refractivity contribution is 0.207. The standard InChI is InChI=1S/C17H23N3O3S3/c21-14-10-26(22,23)11-15(14)25-17-19-18-16(9-13-7-4-8-24-13)20(17)12-5-2-1-3-6-12/h4,7-8,12,14-15,21H,1-3,5-6,9-11H2/t14-,15-/m1/s1. The molecule has 6 nitrogen and oxygen atoms in total. The lowest BCUT2D eigenvalue weighted by Gasteiger charge is -2.26. The van der Waals surface area contributed by atoms with Crippen molar-refractivity contribution in [3.8, 4) is 0 Å². The number of aromatic nitrogens is 3. The van der Waals surface area contributed by atoms with Crippen LogP contribution in [-0.2, 0) is 16.3 Å². The van der Waals surface area contributed by atoms with Crippen molar-refractivity contribution in [2.45, 2.75) is 61.1 Å². The van der Waals surface area contributed by atoms with Crippen molar-refractivity contribution in [1.29, 1.82) is 0 Å². The highest BCUT2D eigenvalue weighted by Crippen LogP contribution is 2.36. The molecule has 2 aliphatic rings. The van der Waals surface area contributed by atoms with Crippen LogP contribution >= 0.6 is 23.1 Å². The SMILES string of the molecule is O=S1(=O)C[C@@H](O)[C@H](Sc2nnc(Cc3cccs3)n2C2CCCCC2)C1. The molecule has 0 spiro atoms. The Labute approximate surface area is 162 Å². The highest BCUT2D eigenvalue weighted by atomic mass is 32.2. The van der Waals surface area contributed by atoms with E-state index in [4.69, 9.17) is 0 Å². The van der Waals surface area contributed by atoms with Gasteiger partial charge in [0.1, 0.15) is 5.82 Å². The van der Waals surface area contributed by atoms with Gasteiger partial charge in [0.05, 0.1) is 22.9 Å². The zero-order valence-corrected chi connectivity index (χ0v) is 16.9. The first-order chi connectivity index (χ1) is 12.5. The molecule has 9 heteroatoms. The third kappa shape index (κ3) is 4.00. The predicted octanol–water partition coefficient (Wildman–Crippen LogP) is 2.69. The first-order valence-electron chi connectivity index (χ1n) is 9.03. The van der Waals surface area contributed by atoms with E-state index in [1.54, 1.807) is 11.3 Å². The van der Waals surface area contributed by atoms with Crippen molar-refractivity contribution >= 4 is 32.9 Å². The summed E-state index contributed by atoms with van der Waals surface area (Å²) in [7, 11) is -3.16. The van der Waals surface area contributed by atoms with Crippen LogP contribution in [0.3, 0.4) is 0 Å². The molecule has 1 saturated heterocycles. The van der Waals surface area contributed by atoms with Gasteiger partial charge in [0.15, 0.2) is 15.0 Å². The molecule has 1 saturated carbocycles. The van der Waals surface area contributed by atoms with Gasteiger partial charge in [-0.15, -0.1) is 21.5 Å². The van der Waals surface area contributed by atoms with Gasteiger partial charge in [-0.1, -0.05) is 37.1 Å². The number of rotatable bonds is 5. The van der Waals surface area contributed by atoms with Crippen LogP contribution in [0.1, 0.15) is 48.8 Å². The fraction of sp³-hybridized carbons (Fsp3) is 0.647. The third-order valence-corrected chi connectivity index (χ3v) is 9.19. The van der Waals surface area contributed by atoms with Crippen LogP contribution in [0.15, 0.2) is 22.7 Å². The molecule has 0 radical (unpaired) electrons. The zero-order valence-electron chi connectivity index (χ0n) is 14.5. The lowest BCUT2D eigenvalue weighted by Crippen LogP contribution is -2.22. The van der Waals surface area contributed by atoms with Gasteiger partial charge in [-0.25, -0.2) is 8.42 Å². The van der Waals surface area contributed by atoms with Crippen molar-refractivity contribution in [3.05, 3.63) is 28.2 Å². The van der Waals surface area contributed by atoms with Crippen LogP contribution in [0.25, 0.3) is 0 Å². The van der Waals surface area contributed by atoms with E-state index in [0.29, 0.717) is 6.04 Å². The molecule has 26 heavy (non-hydrogen) atoms. The number of nitrogens with zero attached hydrogens (tertiary/aromatic N) is 3. The molecule has 4 rings (SSSR count). The molecule has 1 aliphatic carbocycles. The summed E-state index contributed by atoms with van der Waals surface area (Å²) < 4.78 is 25.9. The Bertz CT molecular complexity index is 842. The topological polar surface area (TPSA) is 85.1 Å². The Hall–Kier alpha value is -0.900. The van der Waals surface area contributed by atoms with Crippen molar-refractivity contribution < 1.29 is 13.5 Å². The van der Waals surface area contributed by atoms with E-state index >= 15 is 0 Å². The first-order valence-corrected chi connectivity index (χ1v) is 12.6. The van der Waals surface area contributed by atoms with Gasteiger partial charge in [0.2, 0.25) is 0 Å². The van der Waals surface area contributed by atoms with Crippen LogP contribution in [0, 0.1) is 0 Å². The first kappa shape index (κ1) is 18.5. The van der Waals surface area contributed by atoms with Gasteiger partial charge in [0.25, 0.3) is 0 Å². The Balaban J connectivity index is 1.62. The summed E-state index contributed by atoms with van der Waals surface area (Å²) in [5, 5.41) is 21.4. The van der Waals surface area contributed by atoms with Gasteiger partial charge in [-0.2, -0.15) is 0 Å². The van der Waals surface area contributed by atoms with E-state index in [1.165, 1.54) is 35.9 Å². The molecule has 1 aliphatic heterocycles. The molecule has 2 fully saturated rings. The lowest BCUT2D eigenvalue weighted by atomic mass is 9.95. The second-order valence-electron chi connectivity index (χ2n) is 7.12. The van der Waals surface area contributed by atoms with Crippen LogP contribution in [-0.4, -0.2) is 51.1 Å². The van der Waals surface area contributed by atoms with Crippen molar-refractivity contribution in [2.75, 3.05) is 11.5 Å². The number of thioether (sulfide) groups is 1. The molecule has 0 amide bonds. The van der Waals surface area contributed by atoms with E-state index in [9.17, 15) is 13.5 Å². The minimum atomic E-state index is -3.16. The molecule has 2 atom stereocenters. The Morgan fingerprint density at radius 1 is 1.23 bits per heavy atom. The number of hydrogen-bond donors (Lipinski definition) is 1. The maximum absolute atomic E-state index is 11.8. The number of thiophene rings is 1. The molecule has 0 bridgehead atoms. The molecule has 3 heterocycles. The largest absolute Gasteiger partial charge is 0.391 e. The molecular formula is C17H23N3O3S3. The summed E-state index contributed by atoms with van der Waals surface area (Å²) >= 11 is 3.09. The monoisotopic (exact) mass is 413 g/mol. The summed E-state index contributed by atoms with van der Waals surface area (Å²) in [5.41, 5.74) is 0. The maximum atomic E-state index is 11.8. The fourth-order valence-electron chi connectivity index (χ4n) is 3.83. The summed E-state index contributed by atoms with van der Waals surface area (Å²) in [6.45, 7) is 0. The molecule has 2 aromatic rings. The van der Waals surface area contributed by atoms with E-state index in [-0.39, 0.29) is 16.8 Å². The molecule has 2 aromatic heterocycles. The van der Waals surface area contributed by atoms with E-state index in [2.05, 4.69) is 26.2 Å². The Morgan fingerprint density at radius 3 is 2.69 bits per heavy atom. The molecule has 0 unspecified atom stereocenters. The van der Waals surface area contributed by atoms with Crippen molar-refractivity contribution in [2.24, 2.45) is 0 Å². The van der Waals surface area contributed by atoms with Crippen LogP contribution in [0.5, 0.6) is 0 Å². The van der Waals surface area contributed by atoms with Gasteiger partial charge >= 0.3 is 0 Å². The minimum absolute atomic E-state index is 0.0105. The normalized spacial score (nSPS) is 26.3. The second-order valence-corrected chi connectivity index (χ2v) is 11.5. The predicted molar refractivity (Wildman–Crippen MR) is 104 cm³/mol. The molecule has 142 valence electrons. The van der Waals surface area contributed by atoms with Crippen molar-refractivity contribution in [1.82, 2.24) is 14.8 Å². The van der Waals surface area contributed by atoms with E-state index < -0.39 is 15.9 Å². The molecule has 1 N–H and O–H groups in total. The van der Waals surface area contributed by atoms with E-state index in [0.717, 1.165) is 30.2 Å². The average molecular weight is 414 g/mol. The van der Waals surface area contributed by atoms with Gasteiger partial charge in [-0.05, 0) is 24.3 Å². The Morgan fingerprint density at radius 2 is 2.04 bits per heavy atom. The maximum Gasteiger partial charge on any atom is 0.191 e. The van der Waals surface area contributed by atoms with Gasteiger partial charge in [0, 0.05) is 17.3 Å². The minimum Gasteiger partial charge on any atom is -0.391 e.